The van der Waals surface area contributed by atoms with Gasteiger partial charge in [0.25, 0.3) is 0 Å². The average Bonchev–Trinajstić information content (AvgIpc) is 2.72. The maximum atomic E-state index is 13.0. The highest BCUT2D eigenvalue weighted by atomic mass is 16.5. The molecule has 8 heteroatoms. The quantitative estimate of drug-likeness (QED) is 0.732. The Labute approximate surface area is 165 Å². The highest BCUT2D eigenvalue weighted by Crippen LogP contribution is 2.17. The number of hydrogen-bond acceptors (Lipinski definition) is 5. The average molecular weight is 388 g/mol. The summed E-state index contributed by atoms with van der Waals surface area (Å²) >= 11 is 0. The van der Waals surface area contributed by atoms with Crippen molar-refractivity contribution in [1.82, 2.24) is 14.7 Å². The standard InChI is InChI=1S/C20H28N4O4/c1-22-7-8-24(17(20(22)27)13-15-5-3-2-4-6-15)19(26)16(21)14-18(25)23-9-11-28-12-10-23/h2-6,16-17H,7-14,21H2,1H3/t16-,17-/m0/s1. The van der Waals surface area contributed by atoms with Crippen molar-refractivity contribution in [3.8, 4) is 0 Å². The van der Waals surface area contributed by atoms with Gasteiger partial charge in [0, 0.05) is 39.6 Å². The zero-order valence-electron chi connectivity index (χ0n) is 16.3. The van der Waals surface area contributed by atoms with Crippen molar-refractivity contribution in [1.29, 1.82) is 0 Å². The number of piperazine rings is 1. The summed E-state index contributed by atoms with van der Waals surface area (Å²) in [6, 6.07) is 8.05. The number of nitrogens with zero attached hydrogens (tertiary/aromatic N) is 3. The molecule has 0 radical (unpaired) electrons. The van der Waals surface area contributed by atoms with Crippen LogP contribution in [0.1, 0.15) is 12.0 Å². The van der Waals surface area contributed by atoms with Gasteiger partial charge in [-0.3, -0.25) is 14.4 Å². The summed E-state index contributed by atoms with van der Waals surface area (Å²) in [7, 11) is 1.74. The number of amides is 3. The van der Waals surface area contributed by atoms with Gasteiger partial charge >= 0.3 is 0 Å². The van der Waals surface area contributed by atoms with Crippen LogP contribution >= 0.6 is 0 Å². The smallest absolute Gasteiger partial charge is 0.245 e. The Morgan fingerprint density at radius 1 is 1.14 bits per heavy atom. The lowest BCUT2D eigenvalue weighted by atomic mass is 10.00. The second-order valence-corrected chi connectivity index (χ2v) is 7.30. The van der Waals surface area contributed by atoms with Crippen LogP contribution in [0.4, 0.5) is 0 Å². The lowest BCUT2D eigenvalue weighted by Gasteiger charge is -2.40. The van der Waals surface area contributed by atoms with E-state index in [9.17, 15) is 14.4 Å². The van der Waals surface area contributed by atoms with Crippen molar-refractivity contribution in [2.45, 2.75) is 24.9 Å². The van der Waals surface area contributed by atoms with E-state index in [1.165, 1.54) is 0 Å². The molecule has 0 spiro atoms. The van der Waals surface area contributed by atoms with Crippen molar-refractivity contribution >= 4 is 17.7 Å². The van der Waals surface area contributed by atoms with E-state index in [0.29, 0.717) is 45.8 Å². The van der Waals surface area contributed by atoms with E-state index < -0.39 is 12.1 Å². The Hall–Kier alpha value is -2.45. The van der Waals surface area contributed by atoms with Crippen LogP contribution in [-0.4, -0.2) is 90.9 Å². The molecular weight excluding hydrogens is 360 g/mol. The van der Waals surface area contributed by atoms with E-state index in [1.807, 2.05) is 30.3 Å². The molecule has 0 aromatic heterocycles. The topological polar surface area (TPSA) is 96.2 Å². The van der Waals surface area contributed by atoms with Crippen LogP contribution in [0.2, 0.25) is 0 Å². The largest absolute Gasteiger partial charge is 0.378 e. The first-order valence-corrected chi connectivity index (χ1v) is 9.68. The third-order valence-electron chi connectivity index (χ3n) is 5.34. The molecule has 3 rings (SSSR count). The van der Waals surface area contributed by atoms with Crippen LogP contribution in [0.5, 0.6) is 0 Å². The minimum Gasteiger partial charge on any atom is -0.378 e. The third-order valence-corrected chi connectivity index (χ3v) is 5.34. The molecule has 152 valence electrons. The summed E-state index contributed by atoms with van der Waals surface area (Å²) in [5.74, 6) is -0.594. The number of hydrogen-bond donors (Lipinski definition) is 1. The molecular formula is C20H28N4O4. The first-order chi connectivity index (χ1) is 13.5. The van der Waals surface area contributed by atoms with E-state index in [2.05, 4.69) is 0 Å². The minimum atomic E-state index is -0.954. The summed E-state index contributed by atoms with van der Waals surface area (Å²) in [5.41, 5.74) is 7.08. The number of rotatable bonds is 5. The summed E-state index contributed by atoms with van der Waals surface area (Å²) in [4.78, 5) is 43.0. The molecule has 2 aliphatic rings. The van der Waals surface area contributed by atoms with Crippen molar-refractivity contribution in [2.24, 2.45) is 5.73 Å². The van der Waals surface area contributed by atoms with Crippen molar-refractivity contribution in [3.63, 3.8) is 0 Å². The molecule has 0 unspecified atom stereocenters. The van der Waals surface area contributed by atoms with Gasteiger partial charge in [0.15, 0.2) is 0 Å². The Balaban J connectivity index is 1.68. The Kier molecular flexibility index (Phi) is 6.64. The fourth-order valence-corrected chi connectivity index (χ4v) is 3.64. The van der Waals surface area contributed by atoms with Crippen molar-refractivity contribution in [3.05, 3.63) is 35.9 Å². The zero-order chi connectivity index (χ0) is 20.1. The minimum absolute atomic E-state index is 0.0581. The molecule has 2 aliphatic heterocycles. The summed E-state index contributed by atoms with van der Waals surface area (Å²) in [6.07, 6.45) is 0.372. The fourth-order valence-electron chi connectivity index (χ4n) is 3.64. The Morgan fingerprint density at radius 2 is 1.82 bits per heavy atom. The molecule has 8 nitrogen and oxygen atoms in total. The Bertz CT molecular complexity index is 705. The predicted molar refractivity (Wildman–Crippen MR) is 103 cm³/mol. The van der Waals surface area contributed by atoms with Crippen LogP contribution in [0, 0.1) is 0 Å². The monoisotopic (exact) mass is 388 g/mol. The van der Waals surface area contributed by atoms with E-state index in [-0.39, 0.29) is 24.1 Å². The van der Waals surface area contributed by atoms with E-state index in [1.54, 1.807) is 21.7 Å². The fraction of sp³-hybridized carbons (Fsp3) is 0.550. The van der Waals surface area contributed by atoms with Gasteiger partial charge in [0.2, 0.25) is 17.7 Å². The van der Waals surface area contributed by atoms with Crippen LogP contribution in [0.25, 0.3) is 0 Å². The highest BCUT2D eigenvalue weighted by Gasteiger charge is 2.38. The molecule has 2 atom stereocenters. The van der Waals surface area contributed by atoms with Gasteiger partial charge in [-0.15, -0.1) is 0 Å². The molecule has 3 amide bonds. The van der Waals surface area contributed by atoms with Crippen molar-refractivity contribution < 1.29 is 19.1 Å². The third kappa shape index (κ3) is 4.69. The number of nitrogens with two attached hydrogens (primary N) is 1. The van der Waals surface area contributed by atoms with Gasteiger partial charge in [0.1, 0.15) is 6.04 Å². The van der Waals surface area contributed by atoms with Crippen LogP contribution in [0.15, 0.2) is 30.3 Å². The second kappa shape index (κ2) is 9.16. The maximum Gasteiger partial charge on any atom is 0.245 e. The molecule has 0 saturated carbocycles. The van der Waals surface area contributed by atoms with Crippen molar-refractivity contribution in [2.75, 3.05) is 46.4 Å². The van der Waals surface area contributed by atoms with Gasteiger partial charge in [-0.05, 0) is 5.56 Å². The number of likely N-dealkylation sites (N-methyl/N-ethyl adjacent to an activating group) is 1. The summed E-state index contributed by atoms with van der Waals surface area (Å²) in [6.45, 7) is 2.91. The predicted octanol–water partition coefficient (Wildman–Crippen LogP) is -0.525. The molecule has 2 saturated heterocycles. The number of carbonyl (C=O) groups excluding carboxylic acids is 3. The second-order valence-electron chi connectivity index (χ2n) is 7.30. The van der Waals surface area contributed by atoms with E-state index in [0.717, 1.165) is 5.56 Å². The Morgan fingerprint density at radius 3 is 2.50 bits per heavy atom. The number of morpholine rings is 1. The molecule has 2 heterocycles. The molecule has 1 aromatic rings. The van der Waals surface area contributed by atoms with Gasteiger partial charge in [0.05, 0.1) is 25.7 Å². The maximum absolute atomic E-state index is 13.0. The van der Waals surface area contributed by atoms with Crippen LogP contribution in [0.3, 0.4) is 0 Å². The van der Waals surface area contributed by atoms with E-state index >= 15 is 0 Å². The van der Waals surface area contributed by atoms with Crippen LogP contribution < -0.4 is 5.73 Å². The van der Waals surface area contributed by atoms with Gasteiger partial charge in [-0.2, -0.15) is 0 Å². The number of carbonyl (C=O) groups is 3. The SMILES string of the molecule is CN1CCN(C(=O)[C@@H](N)CC(=O)N2CCOCC2)[C@@H](Cc2ccccc2)C1=O. The lowest BCUT2D eigenvalue weighted by molar-refractivity contribution is -0.151. The zero-order valence-corrected chi connectivity index (χ0v) is 16.3. The molecule has 2 fully saturated rings. The van der Waals surface area contributed by atoms with Gasteiger partial charge in [-0.1, -0.05) is 30.3 Å². The van der Waals surface area contributed by atoms with E-state index in [4.69, 9.17) is 10.5 Å². The number of ether oxygens (including phenoxy) is 1. The molecule has 0 aliphatic carbocycles. The first-order valence-electron chi connectivity index (χ1n) is 9.68. The normalized spacial score (nSPS) is 21.6. The van der Waals surface area contributed by atoms with Crippen LogP contribution in [-0.2, 0) is 25.5 Å². The number of benzene rings is 1. The molecule has 28 heavy (non-hydrogen) atoms. The lowest BCUT2D eigenvalue weighted by Crippen LogP contribution is -2.61. The van der Waals surface area contributed by atoms with Gasteiger partial charge in [-0.25, -0.2) is 0 Å². The molecule has 1 aromatic carbocycles. The molecule has 2 N–H and O–H groups in total. The highest BCUT2D eigenvalue weighted by molar-refractivity contribution is 5.93. The summed E-state index contributed by atoms with van der Waals surface area (Å²) in [5, 5.41) is 0. The van der Waals surface area contributed by atoms with Gasteiger partial charge < -0.3 is 25.2 Å². The summed E-state index contributed by atoms with van der Waals surface area (Å²) < 4.78 is 5.25. The molecule has 0 bridgehead atoms. The first kappa shape index (κ1) is 20.3.